The van der Waals surface area contributed by atoms with Gasteiger partial charge in [0.2, 0.25) is 0 Å². The molecule has 5 nitrogen and oxygen atoms in total. The number of aryl methyl sites for hydroxylation is 4. The predicted molar refractivity (Wildman–Crippen MR) is 146 cm³/mol. The Morgan fingerprint density at radius 1 is 0.743 bits per heavy atom. The molecular weight excluding hydrogens is 483 g/mol. The van der Waals surface area contributed by atoms with E-state index in [-0.39, 0.29) is 6.42 Å². The number of hydrogen-bond acceptors (Lipinski definition) is 2. The molecule has 0 atom stereocenters. The Bertz CT molecular complexity index is 1280. The lowest BCUT2D eigenvalue weighted by Crippen LogP contribution is -1.98. The molecule has 0 radical (unpaired) electrons. The molecule has 0 saturated heterocycles. The Kier molecular flexibility index (Phi) is 10.1. The predicted octanol–water partition coefficient (Wildman–Crippen LogP) is 7.17. The molecular formula is C28H34Cl2N2O3. The number of aliphatic carboxylic acids is 1. The highest BCUT2D eigenvalue weighted by Gasteiger charge is 2.07. The number of nitrogens with zero attached hydrogens (tertiary/aromatic N) is 2. The number of carboxylic acids is 1. The van der Waals surface area contributed by atoms with Crippen LogP contribution in [0.3, 0.4) is 0 Å². The molecule has 7 heteroatoms. The third kappa shape index (κ3) is 7.50. The number of aliphatic hydroxyl groups is 1. The summed E-state index contributed by atoms with van der Waals surface area (Å²) in [5.41, 5.74) is 4.94. The number of fused-ring (bicyclic) bond motifs is 2. The van der Waals surface area contributed by atoms with Gasteiger partial charge >= 0.3 is 5.97 Å². The van der Waals surface area contributed by atoms with Gasteiger partial charge in [0.1, 0.15) is 0 Å². The Morgan fingerprint density at radius 3 is 1.69 bits per heavy atom. The van der Waals surface area contributed by atoms with Crippen LogP contribution in [0.1, 0.15) is 49.9 Å². The molecule has 0 saturated carbocycles. The lowest BCUT2D eigenvalue weighted by Gasteiger charge is -2.03. The Balaban J connectivity index is 0.000000196. The van der Waals surface area contributed by atoms with Gasteiger partial charge in [-0.25, -0.2) is 0 Å². The first-order valence-electron chi connectivity index (χ1n) is 12.1. The Hall–Kier alpha value is -2.47. The van der Waals surface area contributed by atoms with Crippen LogP contribution in [0.5, 0.6) is 0 Å². The van der Waals surface area contributed by atoms with E-state index >= 15 is 0 Å². The standard InChI is InChI=1S/C14H16ClNO2.C14H18ClNO/c1-16-12(4-2-3-5-14(17)18)9-10-8-11(15)6-7-13(10)16;1-16-13(5-3-2-4-8-17)10-11-9-12(15)6-7-14(11)16/h6-9H,2-5H2,1H3,(H,17,18);6-7,9-10,17H,2-5,8H2,1H3. The number of carbonyl (C=O) groups is 1. The van der Waals surface area contributed by atoms with Gasteiger partial charge in [0, 0.05) is 70.4 Å². The van der Waals surface area contributed by atoms with Crippen LogP contribution in [-0.2, 0) is 31.7 Å². The maximum absolute atomic E-state index is 10.4. The van der Waals surface area contributed by atoms with E-state index in [0.717, 1.165) is 65.9 Å². The second-order valence-electron chi connectivity index (χ2n) is 8.93. The number of benzene rings is 2. The van der Waals surface area contributed by atoms with E-state index in [1.165, 1.54) is 22.3 Å². The number of rotatable bonds is 10. The van der Waals surface area contributed by atoms with Crippen LogP contribution in [0, 0.1) is 0 Å². The van der Waals surface area contributed by atoms with Gasteiger partial charge in [0.25, 0.3) is 0 Å². The molecule has 4 aromatic rings. The monoisotopic (exact) mass is 516 g/mol. The normalized spacial score (nSPS) is 11.1. The number of carboxylic acid groups (broad SMARTS) is 1. The van der Waals surface area contributed by atoms with Crippen molar-refractivity contribution >= 4 is 51.0 Å². The molecule has 0 spiro atoms. The van der Waals surface area contributed by atoms with E-state index in [4.69, 9.17) is 33.4 Å². The van der Waals surface area contributed by atoms with E-state index < -0.39 is 5.97 Å². The van der Waals surface area contributed by atoms with Gasteiger partial charge in [-0.15, -0.1) is 0 Å². The lowest BCUT2D eigenvalue weighted by atomic mass is 10.1. The average Bonchev–Trinajstić information content (AvgIpc) is 3.29. The highest BCUT2D eigenvalue weighted by atomic mass is 35.5. The third-order valence-electron chi connectivity index (χ3n) is 6.37. The minimum Gasteiger partial charge on any atom is -0.481 e. The van der Waals surface area contributed by atoms with Gasteiger partial charge in [-0.2, -0.15) is 0 Å². The van der Waals surface area contributed by atoms with Crippen molar-refractivity contribution in [1.29, 1.82) is 0 Å². The summed E-state index contributed by atoms with van der Waals surface area (Å²) in [6.45, 7) is 0.296. The summed E-state index contributed by atoms with van der Waals surface area (Å²) in [5.74, 6) is -0.723. The van der Waals surface area contributed by atoms with Crippen LogP contribution in [0.15, 0.2) is 48.5 Å². The first-order valence-corrected chi connectivity index (χ1v) is 12.9. The van der Waals surface area contributed by atoms with E-state index in [0.29, 0.717) is 6.61 Å². The summed E-state index contributed by atoms with van der Waals surface area (Å²) >= 11 is 12.0. The van der Waals surface area contributed by atoms with Crippen molar-refractivity contribution in [3.8, 4) is 0 Å². The number of unbranched alkanes of at least 4 members (excludes halogenated alkanes) is 3. The van der Waals surface area contributed by atoms with E-state index in [9.17, 15) is 4.79 Å². The first-order chi connectivity index (χ1) is 16.8. The molecule has 2 aromatic heterocycles. The van der Waals surface area contributed by atoms with E-state index in [1.54, 1.807) is 0 Å². The first kappa shape index (κ1) is 27.1. The average molecular weight is 517 g/mol. The van der Waals surface area contributed by atoms with Crippen molar-refractivity contribution in [3.05, 3.63) is 70.0 Å². The van der Waals surface area contributed by atoms with Crippen molar-refractivity contribution in [1.82, 2.24) is 9.13 Å². The molecule has 35 heavy (non-hydrogen) atoms. The SMILES string of the molecule is Cn1c(CCCCC(=O)O)cc2cc(Cl)ccc21.Cn1c(CCCCCO)cc2cc(Cl)ccc21. The number of halogens is 2. The molecule has 0 bridgehead atoms. The Morgan fingerprint density at radius 2 is 1.23 bits per heavy atom. The maximum Gasteiger partial charge on any atom is 0.303 e. The van der Waals surface area contributed by atoms with Gasteiger partial charge in [-0.05, 0) is 87.1 Å². The summed E-state index contributed by atoms with van der Waals surface area (Å²) in [7, 11) is 4.13. The minimum atomic E-state index is -0.723. The smallest absolute Gasteiger partial charge is 0.303 e. The van der Waals surface area contributed by atoms with Crippen molar-refractivity contribution in [2.24, 2.45) is 14.1 Å². The number of hydrogen-bond donors (Lipinski definition) is 2. The molecule has 0 amide bonds. The topological polar surface area (TPSA) is 67.4 Å². The van der Waals surface area contributed by atoms with E-state index in [1.807, 2.05) is 37.4 Å². The van der Waals surface area contributed by atoms with Gasteiger partial charge in [-0.1, -0.05) is 29.6 Å². The highest BCUT2D eigenvalue weighted by molar-refractivity contribution is 6.31. The largest absolute Gasteiger partial charge is 0.481 e. The number of aromatic nitrogens is 2. The summed E-state index contributed by atoms with van der Waals surface area (Å²) in [6.07, 6.45) is 6.92. The summed E-state index contributed by atoms with van der Waals surface area (Å²) in [4.78, 5) is 10.4. The molecule has 0 fully saturated rings. The van der Waals surface area contributed by atoms with E-state index in [2.05, 4.69) is 34.4 Å². The molecule has 4 rings (SSSR count). The summed E-state index contributed by atoms with van der Waals surface area (Å²) in [5, 5.41) is 21.2. The van der Waals surface area contributed by atoms with Crippen molar-refractivity contribution in [2.45, 2.75) is 51.4 Å². The van der Waals surface area contributed by atoms with Crippen LogP contribution < -0.4 is 0 Å². The zero-order valence-corrected chi connectivity index (χ0v) is 21.9. The fourth-order valence-corrected chi connectivity index (χ4v) is 4.77. The fourth-order valence-electron chi connectivity index (χ4n) is 4.41. The molecule has 0 aliphatic carbocycles. The molecule has 0 aliphatic heterocycles. The Labute approximate surface area is 216 Å². The lowest BCUT2D eigenvalue weighted by molar-refractivity contribution is -0.137. The minimum absolute atomic E-state index is 0.246. The highest BCUT2D eigenvalue weighted by Crippen LogP contribution is 2.24. The molecule has 2 N–H and O–H groups in total. The van der Waals surface area contributed by atoms with Crippen LogP contribution in [-0.4, -0.2) is 31.9 Å². The third-order valence-corrected chi connectivity index (χ3v) is 6.84. The van der Waals surface area contributed by atoms with Gasteiger partial charge in [0.15, 0.2) is 0 Å². The van der Waals surface area contributed by atoms with Crippen LogP contribution in [0.2, 0.25) is 10.0 Å². The fraction of sp³-hybridized carbons (Fsp3) is 0.393. The zero-order valence-electron chi connectivity index (χ0n) is 20.4. The van der Waals surface area contributed by atoms with Crippen LogP contribution in [0.25, 0.3) is 21.8 Å². The number of aliphatic hydroxyl groups excluding tert-OH is 1. The van der Waals surface area contributed by atoms with Gasteiger partial charge < -0.3 is 19.3 Å². The maximum atomic E-state index is 10.4. The molecule has 0 unspecified atom stereocenters. The second-order valence-corrected chi connectivity index (χ2v) is 9.80. The van der Waals surface area contributed by atoms with Crippen LogP contribution in [0.4, 0.5) is 0 Å². The zero-order chi connectivity index (χ0) is 25.4. The van der Waals surface area contributed by atoms with Gasteiger partial charge in [0.05, 0.1) is 0 Å². The van der Waals surface area contributed by atoms with Crippen LogP contribution >= 0.6 is 23.2 Å². The quantitative estimate of drug-likeness (QED) is 0.219. The molecule has 0 aliphatic rings. The molecule has 2 heterocycles. The second kappa shape index (κ2) is 13.0. The molecule has 188 valence electrons. The molecule has 2 aromatic carbocycles. The van der Waals surface area contributed by atoms with Crippen molar-refractivity contribution in [2.75, 3.05) is 6.61 Å². The van der Waals surface area contributed by atoms with Gasteiger partial charge in [-0.3, -0.25) is 4.79 Å². The van der Waals surface area contributed by atoms with Crippen molar-refractivity contribution in [3.63, 3.8) is 0 Å². The summed E-state index contributed by atoms with van der Waals surface area (Å²) in [6, 6.07) is 16.2. The van der Waals surface area contributed by atoms with Crippen molar-refractivity contribution < 1.29 is 15.0 Å². The summed E-state index contributed by atoms with van der Waals surface area (Å²) < 4.78 is 4.37.